The van der Waals surface area contributed by atoms with Crippen molar-refractivity contribution in [1.82, 2.24) is 0 Å². The topological polar surface area (TPSA) is 43.4 Å². The van der Waals surface area contributed by atoms with Gasteiger partial charge in [0, 0.05) is 5.92 Å². The van der Waals surface area contributed by atoms with Gasteiger partial charge in [-0.3, -0.25) is 9.59 Å². The highest BCUT2D eigenvalue weighted by Gasteiger charge is 2.45. The summed E-state index contributed by atoms with van der Waals surface area (Å²) >= 11 is 0. The minimum absolute atomic E-state index is 0.00296. The summed E-state index contributed by atoms with van der Waals surface area (Å²) in [6.45, 7) is 7.79. The normalized spacial score (nSPS) is 36.7. The fourth-order valence-electron chi connectivity index (χ4n) is 2.72. The van der Waals surface area contributed by atoms with Gasteiger partial charge in [0.1, 0.15) is 0 Å². The Bertz CT molecular complexity index is 419. The minimum Gasteiger partial charge on any atom is -0.453 e. The van der Waals surface area contributed by atoms with Gasteiger partial charge in [0.2, 0.25) is 0 Å². The third-order valence-corrected chi connectivity index (χ3v) is 4.06. The van der Waals surface area contributed by atoms with Gasteiger partial charge in [0.15, 0.2) is 11.9 Å². The van der Waals surface area contributed by atoms with Gasteiger partial charge < -0.3 is 4.74 Å². The quantitative estimate of drug-likeness (QED) is 0.376. The molecule has 0 unspecified atom stereocenters. The van der Waals surface area contributed by atoms with Crippen LogP contribution in [-0.4, -0.2) is 17.9 Å². The zero-order valence-corrected chi connectivity index (χ0v) is 11.1. The molecule has 3 heteroatoms. The first kappa shape index (κ1) is 13.1. The monoisotopic (exact) mass is 248 g/mol. The van der Waals surface area contributed by atoms with Gasteiger partial charge in [-0.2, -0.15) is 0 Å². The van der Waals surface area contributed by atoms with Crippen molar-refractivity contribution in [3.8, 4) is 0 Å². The van der Waals surface area contributed by atoms with E-state index in [0.717, 1.165) is 19.3 Å². The fourth-order valence-corrected chi connectivity index (χ4v) is 2.72. The highest BCUT2D eigenvalue weighted by atomic mass is 16.6. The Morgan fingerprint density at radius 1 is 1.33 bits per heavy atom. The van der Waals surface area contributed by atoms with E-state index in [0.29, 0.717) is 12.0 Å². The maximum Gasteiger partial charge on any atom is 0.309 e. The highest BCUT2D eigenvalue weighted by Crippen LogP contribution is 2.35. The molecule has 1 aliphatic carbocycles. The summed E-state index contributed by atoms with van der Waals surface area (Å²) in [6, 6.07) is 0. The smallest absolute Gasteiger partial charge is 0.309 e. The van der Waals surface area contributed by atoms with Crippen molar-refractivity contribution < 1.29 is 14.3 Å². The molecule has 0 aromatic rings. The number of hydrogen-bond acceptors (Lipinski definition) is 3. The Labute approximate surface area is 108 Å². The lowest BCUT2D eigenvalue weighted by Crippen LogP contribution is -2.30. The molecule has 3 nitrogen and oxygen atoms in total. The van der Waals surface area contributed by atoms with E-state index in [1.54, 1.807) is 0 Å². The van der Waals surface area contributed by atoms with E-state index in [4.69, 9.17) is 4.74 Å². The molecular formula is C15H20O3. The second-order valence-corrected chi connectivity index (χ2v) is 5.41. The lowest BCUT2D eigenvalue weighted by Gasteiger charge is -2.20. The Morgan fingerprint density at radius 2 is 2.06 bits per heavy atom. The Kier molecular flexibility index (Phi) is 3.69. The third-order valence-electron chi connectivity index (χ3n) is 4.06. The lowest BCUT2D eigenvalue weighted by atomic mass is 9.82. The molecule has 2 aliphatic rings. The van der Waals surface area contributed by atoms with E-state index < -0.39 is 6.10 Å². The zero-order chi connectivity index (χ0) is 13.3. The summed E-state index contributed by atoms with van der Waals surface area (Å²) in [4.78, 5) is 23.9. The molecule has 0 aromatic heterocycles. The third kappa shape index (κ3) is 2.40. The number of hydrogen-bond donors (Lipinski definition) is 0. The van der Waals surface area contributed by atoms with E-state index in [1.165, 1.54) is 5.57 Å². The van der Waals surface area contributed by atoms with Crippen LogP contribution in [0.3, 0.4) is 0 Å². The number of carbonyl (C=O) groups is 2. The maximum atomic E-state index is 12.2. The van der Waals surface area contributed by atoms with Crippen molar-refractivity contribution in [3.05, 3.63) is 23.8 Å². The van der Waals surface area contributed by atoms with E-state index >= 15 is 0 Å². The zero-order valence-electron chi connectivity index (χ0n) is 11.1. The summed E-state index contributed by atoms with van der Waals surface area (Å²) in [7, 11) is 0. The number of rotatable bonds is 0. The summed E-state index contributed by atoms with van der Waals surface area (Å²) < 4.78 is 5.26. The fraction of sp³-hybridized carbons (Fsp3) is 0.600. The standard InChI is InChI=1S/C15H20O3/c1-9-5-4-6-10(2)13(16)14-12(8-7-9)11(3)15(17)18-14/h5,11-12,14H,2,4,6-8H2,1,3H3/b9-5+/t11-,12-,14-/m0/s1. The van der Waals surface area contributed by atoms with Crippen molar-refractivity contribution in [2.75, 3.05) is 0 Å². The molecular weight excluding hydrogens is 228 g/mol. The Hall–Kier alpha value is -1.38. The summed E-state index contributed by atoms with van der Waals surface area (Å²) in [5, 5.41) is 0. The first-order valence-electron chi connectivity index (χ1n) is 6.59. The molecule has 1 saturated heterocycles. The molecule has 0 spiro atoms. The molecule has 0 bridgehead atoms. The largest absolute Gasteiger partial charge is 0.453 e. The van der Waals surface area contributed by atoms with E-state index in [2.05, 4.69) is 19.6 Å². The Balaban J connectivity index is 2.26. The number of ketones is 1. The highest BCUT2D eigenvalue weighted by molar-refractivity contribution is 6.01. The van der Waals surface area contributed by atoms with Crippen molar-refractivity contribution in [1.29, 1.82) is 0 Å². The van der Waals surface area contributed by atoms with Gasteiger partial charge >= 0.3 is 5.97 Å². The van der Waals surface area contributed by atoms with Crippen molar-refractivity contribution >= 4 is 11.8 Å². The van der Waals surface area contributed by atoms with Crippen LogP contribution in [-0.2, 0) is 14.3 Å². The number of allylic oxidation sites excluding steroid dienone is 2. The minimum atomic E-state index is -0.592. The van der Waals surface area contributed by atoms with Crippen LogP contribution in [0, 0.1) is 11.8 Å². The van der Waals surface area contributed by atoms with Crippen LogP contribution in [0.25, 0.3) is 0 Å². The second-order valence-electron chi connectivity index (χ2n) is 5.41. The first-order chi connectivity index (χ1) is 8.50. The predicted octanol–water partition coefficient (Wildman–Crippen LogP) is 2.81. The van der Waals surface area contributed by atoms with Crippen LogP contribution in [0.15, 0.2) is 23.8 Å². The van der Waals surface area contributed by atoms with Gasteiger partial charge in [-0.25, -0.2) is 0 Å². The van der Waals surface area contributed by atoms with Gasteiger partial charge in [-0.1, -0.05) is 25.2 Å². The molecule has 0 radical (unpaired) electrons. The lowest BCUT2D eigenvalue weighted by molar-refractivity contribution is -0.148. The number of Topliss-reactive ketones (excluding diaryl/α,β-unsaturated/α-hetero) is 1. The van der Waals surface area contributed by atoms with Crippen molar-refractivity contribution in [3.63, 3.8) is 0 Å². The molecule has 1 heterocycles. The molecule has 0 saturated carbocycles. The first-order valence-corrected chi connectivity index (χ1v) is 6.59. The van der Waals surface area contributed by atoms with E-state index in [9.17, 15) is 9.59 Å². The molecule has 0 aromatic carbocycles. The number of fused-ring (bicyclic) bond motifs is 1. The van der Waals surface area contributed by atoms with Crippen LogP contribution in [0.4, 0.5) is 0 Å². The molecule has 98 valence electrons. The van der Waals surface area contributed by atoms with Crippen molar-refractivity contribution in [2.24, 2.45) is 11.8 Å². The summed E-state index contributed by atoms with van der Waals surface area (Å²) in [6.07, 6.45) is 4.84. The van der Waals surface area contributed by atoms with Crippen LogP contribution < -0.4 is 0 Å². The number of carbonyl (C=O) groups excluding carboxylic acids is 2. The van der Waals surface area contributed by atoms with Gasteiger partial charge in [-0.05, 0) is 38.2 Å². The molecule has 18 heavy (non-hydrogen) atoms. The van der Waals surface area contributed by atoms with E-state index in [1.807, 2.05) is 6.92 Å². The number of ether oxygens (including phenoxy) is 1. The van der Waals surface area contributed by atoms with Crippen LogP contribution in [0.1, 0.15) is 39.5 Å². The molecule has 3 atom stereocenters. The van der Waals surface area contributed by atoms with Crippen LogP contribution in [0.5, 0.6) is 0 Å². The van der Waals surface area contributed by atoms with Gasteiger partial charge in [-0.15, -0.1) is 0 Å². The molecule has 1 fully saturated rings. The van der Waals surface area contributed by atoms with Gasteiger partial charge in [0.25, 0.3) is 0 Å². The Morgan fingerprint density at radius 3 is 2.78 bits per heavy atom. The molecule has 0 N–H and O–H groups in total. The van der Waals surface area contributed by atoms with Crippen molar-refractivity contribution in [2.45, 2.75) is 45.6 Å². The average Bonchev–Trinajstić information content (AvgIpc) is 2.61. The molecule has 1 aliphatic heterocycles. The molecule has 2 rings (SSSR count). The summed E-state index contributed by atoms with van der Waals surface area (Å²) in [5.41, 5.74) is 1.90. The van der Waals surface area contributed by atoms with Gasteiger partial charge in [0.05, 0.1) is 5.92 Å². The number of esters is 1. The predicted molar refractivity (Wildman–Crippen MR) is 68.9 cm³/mol. The second kappa shape index (κ2) is 5.09. The van der Waals surface area contributed by atoms with Crippen LogP contribution >= 0.6 is 0 Å². The molecule has 0 amide bonds. The average molecular weight is 248 g/mol. The SMILES string of the molecule is C=C1CC/C=C(\C)CC[C@H]2[C@H](C)C(=O)O[C@@H]2C1=O. The van der Waals surface area contributed by atoms with Crippen LogP contribution in [0.2, 0.25) is 0 Å². The van der Waals surface area contributed by atoms with E-state index in [-0.39, 0.29) is 23.6 Å². The maximum absolute atomic E-state index is 12.2. The summed E-state index contributed by atoms with van der Waals surface area (Å²) in [5.74, 6) is -0.500.